The fourth-order valence-corrected chi connectivity index (χ4v) is 1.94. The molecule has 1 N–H and O–H groups in total. The van der Waals surface area contributed by atoms with Crippen LogP contribution in [0, 0.1) is 0 Å². The molecule has 0 fully saturated rings. The molecule has 2 rings (SSSR count). The van der Waals surface area contributed by atoms with E-state index in [1.54, 1.807) is 0 Å². The number of aliphatic hydroxyl groups is 1. The smallest absolute Gasteiger partial charge is 0.0736 e. The molecule has 0 aliphatic carbocycles. The van der Waals surface area contributed by atoms with Gasteiger partial charge in [-0.3, -0.25) is 0 Å². The highest BCUT2D eigenvalue weighted by molar-refractivity contribution is 9.10. The van der Waals surface area contributed by atoms with Gasteiger partial charge in [-0.2, -0.15) is 0 Å². The van der Waals surface area contributed by atoms with Crippen LogP contribution in [0.15, 0.2) is 16.6 Å². The Labute approximate surface area is 93.0 Å². The van der Waals surface area contributed by atoms with Crippen LogP contribution in [0.1, 0.15) is 30.5 Å². The van der Waals surface area contributed by atoms with E-state index in [0.29, 0.717) is 13.2 Å². The van der Waals surface area contributed by atoms with Gasteiger partial charge in [-0.15, -0.1) is 0 Å². The molecule has 1 heterocycles. The normalized spacial score (nSPS) is 13.1. The standard InChI is InChI=1S/C9H9BrO2.C2H6/c10-9-2-1-6(3-11)7-4-12-5-8(7)9;1-2/h1-2,11H,3-5H2;1-2H3. The average molecular weight is 259 g/mol. The Hall–Kier alpha value is -0.380. The van der Waals surface area contributed by atoms with Crippen molar-refractivity contribution in [2.45, 2.75) is 33.7 Å². The first-order valence-electron chi connectivity index (χ1n) is 4.80. The van der Waals surface area contributed by atoms with E-state index in [1.807, 2.05) is 26.0 Å². The van der Waals surface area contributed by atoms with Crippen molar-refractivity contribution in [1.29, 1.82) is 0 Å². The SMILES string of the molecule is CC.OCc1ccc(Br)c2c1COC2. The Balaban J connectivity index is 0.000000461. The van der Waals surface area contributed by atoms with Crippen molar-refractivity contribution in [2.24, 2.45) is 0 Å². The molecule has 0 saturated heterocycles. The third-order valence-corrected chi connectivity index (χ3v) is 2.88. The second-order valence-electron chi connectivity index (χ2n) is 2.81. The van der Waals surface area contributed by atoms with Gasteiger partial charge in [-0.25, -0.2) is 0 Å². The number of hydrogen-bond donors (Lipinski definition) is 1. The van der Waals surface area contributed by atoms with Gasteiger partial charge in [0.15, 0.2) is 0 Å². The van der Waals surface area contributed by atoms with Gasteiger partial charge >= 0.3 is 0 Å². The van der Waals surface area contributed by atoms with E-state index in [-0.39, 0.29) is 6.61 Å². The zero-order valence-electron chi connectivity index (χ0n) is 8.51. The van der Waals surface area contributed by atoms with Crippen LogP contribution < -0.4 is 0 Å². The Morgan fingerprint density at radius 2 is 1.93 bits per heavy atom. The summed E-state index contributed by atoms with van der Waals surface area (Å²) in [4.78, 5) is 0. The molecule has 14 heavy (non-hydrogen) atoms. The lowest BCUT2D eigenvalue weighted by Gasteiger charge is -2.04. The molecule has 3 heteroatoms. The Bertz CT molecular complexity index is 310. The van der Waals surface area contributed by atoms with E-state index in [0.717, 1.165) is 15.6 Å². The highest BCUT2D eigenvalue weighted by atomic mass is 79.9. The van der Waals surface area contributed by atoms with Gasteiger partial charge in [-0.1, -0.05) is 35.8 Å². The molecule has 0 amide bonds. The lowest BCUT2D eigenvalue weighted by Crippen LogP contribution is -1.93. The molecule has 1 aromatic carbocycles. The number of rotatable bonds is 1. The third kappa shape index (κ3) is 2.16. The molecule has 2 nitrogen and oxygen atoms in total. The minimum absolute atomic E-state index is 0.0962. The molecule has 0 spiro atoms. The van der Waals surface area contributed by atoms with Gasteiger partial charge in [-0.05, 0) is 22.8 Å². The summed E-state index contributed by atoms with van der Waals surface area (Å²) in [6, 6.07) is 3.89. The predicted molar refractivity (Wildman–Crippen MR) is 59.9 cm³/mol. The van der Waals surface area contributed by atoms with E-state index < -0.39 is 0 Å². The van der Waals surface area contributed by atoms with Gasteiger partial charge < -0.3 is 9.84 Å². The number of aliphatic hydroxyl groups excluding tert-OH is 1. The van der Waals surface area contributed by atoms with Gasteiger partial charge in [0.1, 0.15) is 0 Å². The maximum Gasteiger partial charge on any atom is 0.0736 e. The molecule has 1 aliphatic rings. The predicted octanol–water partition coefficient (Wildman–Crippen LogP) is 3.00. The average Bonchev–Trinajstić information content (AvgIpc) is 2.71. The van der Waals surface area contributed by atoms with Crippen molar-refractivity contribution in [3.05, 3.63) is 33.3 Å². The summed E-state index contributed by atoms with van der Waals surface area (Å²) in [7, 11) is 0. The van der Waals surface area contributed by atoms with E-state index in [9.17, 15) is 0 Å². The Morgan fingerprint density at radius 3 is 2.57 bits per heavy atom. The van der Waals surface area contributed by atoms with E-state index in [1.165, 1.54) is 5.56 Å². The number of benzene rings is 1. The first kappa shape index (κ1) is 11.7. The zero-order chi connectivity index (χ0) is 10.6. The molecule has 0 atom stereocenters. The molecule has 0 radical (unpaired) electrons. The van der Waals surface area contributed by atoms with Crippen LogP contribution in [-0.4, -0.2) is 5.11 Å². The van der Waals surface area contributed by atoms with Crippen LogP contribution in [0.25, 0.3) is 0 Å². The van der Waals surface area contributed by atoms with E-state index in [4.69, 9.17) is 9.84 Å². The van der Waals surface area contributed by atoms with Crippen molar-refractivity contribution >= 4 is 15.9 Å². The van der Waals surface area contributed by atoms with Crippen LogP contribution in [0.5, 0.6) is 0 Å². The van der Waals surface area contributed by atoms with Crippen molar-refractivity contribution < 1.29 is 9.84 Å². The first-order chi connectivity index (χ1) is 6.83. The number of halogens is 1. The van der Waals surface area contributed by atoms with Crippen molar-refractivity contribution in [3.63, 3.8) is 0 Å². The van der Waals surface area contributed by atoms with Crippen molar-refractivity contribution in [1.82, 2.24) is 0 Å². The minimum Gasteiger partial charge on any atom is -0.392 e. The fraction of sp³-hybridized carbons (Fsp3) is 0.455. The summed E-state index contributed by atoms with van der Waals surface area (Å²) < 4.78 is 6.37. The summed E-state index contributed by atoms with van der Waals surface area (Å²) in [5, 5.41) is 9.02. The topological polar surface area (TPSA) is 29.5 Å². The van der Waals surface area contributed by atoms with Crippen LogP contribution in [0.3, 0.4) is 0 Å². The second-order valence-corrected chi connectivity index (χ2v) is 3.67. The molecule has 0 aromatic heterocycles. The molecular weight excluding hydrogens is 244 g/mol. The van der Waals surface area contributed by atoms with Gasteiger partial charge in [0, 0.05) is 4.47 Å². The lowest BCUT2D eigenvalue weighted by molar-refractivity contribution is 0.133. The quantitative estimate of drug-likeness (QED) is 0.840. The highest BCUT2D eigenvalue weighted by Gasteiger charge is 2.17. The van der Waals surface area contributed by atoms with Crippen LogP contribution in [0.4, 0.5) is 0 Å². The molecular formula is C11H15BrO2. The largest absolute Gasteiger partial charge is 0.392 e. The van der Waals surface area contributed by atoms with Crippen LogP contribution in [0.2, 0.25) is 0 Å². The van der Waals surface area contributed by atoms with Crippen molar-refractivity contribution in [3.8, 4) is 0 Å². The highest BCUT2D eigenvalue weighted by Crippen LogP contribution is 2.30. The molecule has 78 valence electrons. The summed E-state index contributed by atoms with van der Waals surface area (Å²) in [5.74, 6) is 0. The van der Waals surface area contributed by atoms with Gasteiger partial charge in [0.25, 0.3) is 0 Å². The molecule has 1 aromatic rings. The number of hydrogen-bond acceptors (Lipinski definition) is 2. The summed E-state index contributed by atoms with van der Waals surface area (Å²) >= 11 is 3.45. The van der Waals surface area contributed by atoms with E-state index >= 15 is 0 Å². The van der Waals surface area contributed by atoms with Crippen molar-refractivity contribution in [2.75, 3.05) is 0 Å². The zero-order valence-corrected chi connectivity index (χ0v) is 10.1. The monoisotopic (exact) mass is 258 g/mol. The van der Waals surface area contributed by atoms with Crippen LogP contribution in [-0.2, 0) is 24.6 Å². The fourth-order valence-electron chi connectivity index (χ4n) is 1.45. The minimum atomic E-state index is 0.0962. The summed E-state index contributed by atoms with van der Waals surface area (Å²) in [5.41, 5.74) is 3.30. The Kier molecular flexibility index (Phi) is 4.58. The molecule has 1 aliphatic heterocycles. The first-order valence-corrected chi connectivity index (χ1v) is 5.60. The molecule has 0 unspecified atom stereocenters. The summed E-state index contributed by atoms with van der Waals surface area (Å²) in [6.45, 7) is 5.38. The lowest BCUT2D eigenvalue weighted by atomic mass is 10.0. The van der Waals surface area contributed by atoms with Gasteiger partial charge in [0.2, 0.25) is 0 Å². The molecule has 0 bridgehead atoms. The number of fused-ring (bicyclic) bond motifs is 1. The second kappa shape index (κ2) is 5.49. The summed E-state index contributed by atoms with van der Waals surface area (Å²) in [6.07, 6.45) is 0. The number of ether oxygens (including phenoxy) is 1. The van der Waals surface area contributed by atoms with Gasteiger partial charge in [0.05, 0.1) is 19.8 Å². The van der Waals surface area contributed by atoms with E-state index in [2.05, 4.69) is 15.9 Å². The molecule has 0 saturated carbocycles. The maximum atomic E-state index is 9.02. The maximum absolute atomic E-state index is 9.02. The Morgan fingerprint density at radius 1 is 1.29 bits per heavy atom. The third-order valence-electron chi connectivity index (χ3n) is 2.13. The van der Waals surface area contributed by atoms with Crippen LogP contribution >= 0.6 is 15.9 Å².